The Labute approximate surface area is 91.3 Å². The van der Waals surface area contributed by atoms with E-state index < -0.39 is 0 Å². The molecule has 1 aromatic rings. The second-order valence-electron chi connectivity index (χ2n) is 4.18. The fourth-order valence-corrected chi connectivity index (χ4v) is 2.35. The molecule has 2 rings (SSSR count). The molecule has 0 radical (unpaired) electrons. The van der Waals surface area contributed by atoms with Crippen LogP contribution >= 0.6 is 0 Å². The zero-order valence-corrected chi connectivity index (χ0v) is 10.0. The first kappa shape index (κ1) is 10.3. The SMILES string of the molecule is CCc1nn(C)c2c1NCC(CC)N2C. The Morgan fingerprint density at radius 1 is 1.40 bits per heavy atom. The van der Waals surface area contributed by atoms with Crippen LogP contribution in [0.3, 0.4) is 0 Å². The molecule has 1 N–H and O–H groups in total. The van der Waals surface area contributed by atoms with Crippen LogP contribution in [0.2, 0.25) is 0 Å². The fourth-order valence-electron chi connectivity index (χ4n) is 2.35. The van der Waals surface area contributed by atoms with Crippen LogP contribution in [0.25, 0.3) is 0 Å². The predicted molar refractivity (Wildman–Crippen MR) is 63.6 cm³/mol. The van der Waals surface area contributed by atoms with Crippen LogP contribution in [0.1, 0.15) is 26.0 Å². The van der Waals surface area contributed by atoms with Crippen LogP contribution in [-0.2, 0) is 13.5 Å². The molecule has 1 aliphatic rings. The second kappa shape index (κ2) is 3.76. The zero-order valence-electron chi connectivity index (χ0n) is 10.0. The lowest BCUT2D eigenvalue weighted by Gasteiger charge is -2.34. The quantitative estimate of drug-likeness (QED) is 0.801. The molecule has 0 fully saturated rings. The van der Waals surface area contributed by atoms with E-state index in [9.17, 15) is 0 Å². The van der Waals surface area contributed by atoms with Gasteiger partial charge >= 0.3 is 0 Å². The number of hydrogen-bond donors (Lipinski definition) is 1. The Morgan fingerprint density at radius 2 is 2.13 bits per heavy atom. The van der Waals surface area contributed by atoms with Crippen molar-refractivity contribution in [2.24, 2.45) is 7.05 Å². The molecule has 1 aromatic heterocycles. The molecule has 0 saturated heterocycles. The highest BCUT2D eigenvalue weighted by molar-refractivity contribution is 5.71. The van der Waals surface area contributed by atoms with Crippen molar-refractivity contribution in [1.29, 1.82) is 0 Å². The zero-order chi connectivity index (χ0) is 11.0. The molecular weight excluding hydrogens is 188 g/mol. The van der Waals surface area contributed by atoms with Gasteiger partial charge in [-0.15, -0.1) is 0 Å². The molecule has 2 heterocycles. The Bertz CT molecular complexity index is 356. The lowest BCUT2D eigenvalue weighted by molar-refractivity contribution is 0.598. The molecule has 0 spiro atoms. The molecule has 1 aliphatic heterocycles. The third-order valence-electron chi connectivity index (χ3n) is 3.29. The van der Waals surface area contributed by atoms with Gasteiger partial charge in [0, 0.05) is 26.7 Å². The third-order valence-corrected chi connectivity index (χ3v) is 3.29. The van der Waals surface area contributed by atoms with E-state index in [1.165, 1.54) is 17.2 Å². The van der Waals surface area contributed by atoms with Crippen LogP contribution < -0.4 is 10.2 Å². The minimum atomic E-state index is 0.581. The van der Waals surface area contributed by atoms with E-state index in [-0.39, 0.29) is 0 Å². The molecule has 1 unspecified atom stereocenters. The van der Waals surface area contributed by atoms with Crippen molar-refractivity contribution in [2.45, 2.75) is 32.7 Å². The fraction of sp³-hybridized carbons (Fsp3) is 0.727. The molecule has 4 heteroatoms. The largest absolute Gasteiger partial charge is 0.378 e. The molecule has 1 atom stereocenters. The first-order valence-electron chi connectivity index (χ1n) is 5.71. The van der Waals surface area contributed by atoms with Crippen molar-refractivity contribution in [3.63, 3.8) is 0 Å². The summed E-state index contributed by atoms with van der Waals surface area (Å²) in [7, 11) is 4.18. The molecule has 4 nitrogen and oxygen atoms in total. The Hall–Kier alpha value is -1.19. The van der Waals surface area contributed by atoms with Gasteiger partial charge in [-0.3, -0.25) is 4.68 Å². The van der Waals surface area contributed by atoms with Gasteiger partial charge in [0.05, 0.1) is 5.69 Å². The summed E-state index contributed by atoms with van der Waals surface area (Å²) in [6.07, 6.45) is 2.15. The maximum Gasteiger partial charge on any atom is 0.150 e. The Balaban J connectivity index is 2.43. The number of nitrogens with zero attached hydrogens (tertiary/aromatic N) is 3. The van der Waals surface area contributed by atoms with Gasteiger partial charge in [0.2, 0.25) is 0 Å². The summed E-state index contributed by atoms with van der Waals surface area (Å²) < 4.78 is 1.99. The molecule has 0 amide bonds. The van der Waals surface area contributed by atoms with Crippen LogP contribution in [0.4, 0.5) is 11.5 Å². The van der Waals surface area contributed by atoms with Gasteiger partial charge in [-0.1, -0.05) is 13.8 Å². The minimum absolute atomic E-state index is 0.581. The van der Waals surface area contributed by atoms with E-state index >= 15 is 0 Å². The van der Waals surface area contributed by atoms with Gasteiger partial charge in [-0.25, -0.2) is 0 Å². The topological polar surface area (TPSA) is 33.1 Å². The Kier molecular flexibility index (Phi) is 2.59. The highest BCUT2D eigenvalue weighted by atomic mass is 15.4. The maximum atomic E-state index is 4.54. The number of rotatable bonds is 2. The van der Waals surface area contributed by atoms with Crippen molar-refractivity contribution in [2.75, 3.05) is 23.8 Å². The summed E-state index contributed by atoms with van der Waals surface area (Å²) in [5.41, 5.74) is 2.40. The average Bonchev–Trinajstić information content (AvgIpc) is 2.56. The number of aromatic nitrogens is 2. The van der Waals surface area contributed by atoms with Crippen molar-refractivity contribution in [3.05, 3.63) is 5.69 Å². The summed E-state index contributed by atoms with van der Waals surface area (Å²) in [6, 6.07) is 0.581. The van der Waals surface area contributed by atoms with E-state index in [0.717, 1.165) is 19.4 Å². The van der Waals surface area contributed by atoms with E-state index in [1.54, 1.807) is 0 Å². The standard InChI is InChI=1S/C11H20N4/c1-5-8-7-12-10-9(6-2)13-15(4)11(10)14(8)3/h8,12H,5-7H2,1-4H3. The monoisotopic (exact) mass is 208 g/mol. The highest BCUT2D eigenvalue weighted by Gasteiger charge is 2.27. The smallest absolute Gasteiger partial charge is 0.150 e. The number of fused-ring (bicyclic) bond motifs is 1. The van der Waals surface area contributed by atoms with Gasteiger partial charge in [0.25, 0.3) is 0 Å². The summed E-state index contributed by atoms with van der Waals surface area (Å²) >= 11 is 0. The van der Waals surface area contributed by atoms with E-state index in [2.05, 4.69) is 36.2 Å². The first-order chi connectivity index (χ1) is 7.19. The molecule has 0 saturated carbocycles. The van der Waals surface area contributed by atoms with E-state index in [1.807, 2.05) is 11.7 Å². The second-order valence-corrected chi connectivity index (χ2v) is 4.18. The Morgan fingerprint density at radius 3 is 2.73 bits per heavy atom. The van der Waals surface area contributed by atoms with Gasteiger partial charge in [-0.05, 0) is 12.8 Å². The van der Waals surface area contributed by atoms with Crippen LogP contribution in [0, 0.1) is 0 Å². The molecule has 0 bridgehead atoms. The summed E-state index contributed by atoms with van der Waals surface area (Å²) in [4.78, 5) is 2.35. The summed E-state index contributed by atoms with van der Waals surface area (Å²) in [5.74, 6) is 1.23. The molecule has 0 aromatic carbocycles. The van der Waals surface area contributed by atoms with Crippen molar-refractivity contribution >= 4 is 11.5 Å². The minimum Gasteiger partial charge on any atom is -0.378 e. The lowest BCUT2D eigenvalue weighted by atomic mass is 10.1. The maximum absolute atomic E-state index is 4.54. The number of aryl methyl sites for hydroxylation is 2. The van der Waals surface area contributed by atoms with E-state index in [4.69, 9.17) is 0 Å². The molecular formula is C11H20N4. The number of hydrogen-bond acceptors (Lipinski definition) is 3. The van der Waals surface area contributed by atoms with Crippen LogP contribution in [-0.4, -0.2) is 29.4 Å². The average molecular weight is 208 g/mol. The number of likely N-dealkylation sites (N-methyl/N-ethyl adjacent to an activating group) is 1. The number of anilines is 2. The van der Waals surface area contributed by atoms with Gasteiger partial charge in [-0.2, -0.15) is 5.10 Å². The highest BCUT2D eigenvalue weighted by Crippen LogP contribution is 2.33. The van der Waals surface area contributed by atoms with Crippen LogP contribution in [0.5, 0.6) is 0 Å². The van der Waals surface area contributed by atoms with Crippen molar-refractivity contribution in [1.82, 2.24) is 9.78 Å². The van der Waals surface area contributed by atoms with Crippen LogP contribution in [0.15, 0.2) is 0 Å². The van der Waals surface area contributed by atoms with Crippen molar-refractivity contribution in [3.8, 4) is 0 Å². The summed E-state index contributed by atoms with van der Waals surface area (Å²) in [5, 5.41) is 8.05. The lowest BCUT2D eigenvalue weighted by Crippen LogP contribution is -2.41. The molecule has 15 heavy (non-hydrogen) atoms. The third kappa shape index (κ3) is 1.48. The first-order valence-corrected chi connectivity index (χ1v) is 5.71. The van der Waals surface area contributed by atoms with E-state index in [0.29, 0.717) is 6.04 Å². The molecule has 0 aliphatic carbocycles. The van der Waals surface area contributed by atoms with Crippen molar-refractivity contribution < 1.29 is 0 Å². The summed E-state index contributed by atoms with van der Waals surface area (Å²) in [6.45, 7) is 5.40. The van der Waals surface area contributed by atoms with Gasteiger partial charge in [0.1, 0.15) is 5.69 Å². The molecule has 84 valence electrons. The number of nitrogens with one attached hydrogen (secondary N) is 1. The predicted octanol–water partition coefficient (Wildman–Crippen LogP) is 1.62. The van der Waals surface area contributed by atoms with Gasteiger partial charge < -0.3 is 10.2 Å². The van der Waals surface area contributed by atoms with Gasteiger partial charge in [0.15, 0.2) is 5.82 Å². The normalized spacial score (nSPS) is 20.0.